The third-order valence-electron chi connectivity index (χ3n) is 5.85. The molecule has 0 radical (unpaired) electrons. The lowest BCUT2D eigenvalue weighted by atomic mass is 9.79. The van der Waals surface area contributed by atoms with Crippen LogP contribution in [0.1, 0.15) is 35.2 Å². The molecule has 4 rings (SSSR count). The highest BCUT2D eigenvalue weighted by Gasteiger charge is 2.42. The van der Waals surface area contributed by atoms with E-state index in [9.17, 15) is 9.18 Å². The summed E-state index contributed by atoms with van der Waals surface area (Å²) in [6.45, 7) is 4.71. The fourth-order valence-corrected chi connectivity index (χ4v) is 4.58. The second kappa shape index (κ2) is 7.27. The standard InChI is InChI=1S/C21H25FN4O/c22-17-6-4-16(5-7-17)13-25-11-2-8-21(14-25)9-12-26(15-21)20-18(19(23)27)3-1-10-24-20/h1,3-7,10H,2,8-9,11-15H2,(H2,23,27). The van der Waals surface area contributed by atoms with Crippen LogP contribution in [0.2, 0.25) is 0 Å². The van der Waals surface area contributed by atoms with Crippen LogP contribution in [-0.4, -0.2) is 42.0 Å². The van der Waals surface area contributed by atoms with Gasteiger partial charge in [-0.1, -0.05) is 12.1 Å². The molecular weight excluding hydrogens is 343 g/mol. The van der Waals surface area contributed by atoms with E-state index in [1.807, 2.05) is 12.1 Å². The van der Waals surface area contributed by atoms with Gasteiger partial charge in [-0.3, -0.25) is 9.69 Å². The third kappa shape index (κ3) is 3.81. The Hall–Kier alpha value is -2.47. The van der Waals surface area contributed by atoms with Crippen molar-refractivity contribution < 1.29 is 9.18 Å². The van der Waals surface area contributed by atoms with Crippen molar-refractivity contribution in [2.75, 3.05) is 31.1 Å². The number of likely N-dealkylation sites (tertiary alicyclic amines) is 1. The van der Waals surface area contributed by atoms with Gasteiger partial charge in [0, 0.05) is 37.8 Å². The van der Waals surface area contributed by atoms with Crippen LogP contribution in [0.4, 0.5) is 10.2 Å². The van der Waals surface area contributed by atoms with Crippen molar-refractivity contribution in [1.29, 1.82) is 0 Å². The molecule has 1 unspecified atom stereocenters. The second-order valence-corrected chi connectivity index (χ2v) is 7.85. The predicted octanol–water partition coefficient (Wildman–Crippen LogP) is 2.81. The van der Waals surface area contributed by atoms with Crippen LogP contribution in [0.3, 0.4) is 0 Å². The molecule has 0 aliphatic carbocycles. The summed E-state index contributed by atoms with van der Waals surface area (Å²) in [5.74, 6) is 0.0825. The molecule has 1 atom stereocenters. The van der Waals surface area contributed by atoms with Crippen molar-refractivity contribution in [3.05, 3.63) is 59.5 Å². The SMILES string of the molecule is NC(=O)c1cccnc1N1CCC2(CCCN(Cc3ccc(F)cc3)C2)C1. The van der Waals surface area contributed by atoms with E-state index in [2.05, 4.69) is 14.8 Å². The van der Waals surface area contributed by atoms with E-state index < -0.39 is 5.91 Å². The number of benzene rings is 1. The Morgan fingerprint density at radius 2 is 1.96 bits per heavy atom. The molecule has 2 aliphatic heterocycles. The van der Waals surface area contributed by atoms with Crippen molar-refractivity contribution in [2.24, 2.45) is 11.1 Å². The number of carbonyl (C=O) groups is 1. The largest absolute Gasteiger partial charge is 0.365 e. The first-order chi connectivity index (χ1) is 13.0. The summed E-state index contributed by atoms with van der Waals surface area (Å²) in [6.07, 6.45) is 5.14. The average Bonchev–Trinajstić information content (AvgIpc) is 3.06. The smallest absolute Gasteiger partial charge is 0.252 e. The van der Waals surface area contributed by atoms with Crippen LogP contribution < -0.4 is 10.6 Å². The Morgan fingerprint density at radius 3 is 2.74 bits per heavy atom. The highest BCUT2D eigenvalue weighted by Crippen LogP contribution is 2.41. The summed E-state index contributed by atoms with van der Waals surface area (Å²) in [5, 5.41) is 0. The maximum absolute atomic E-state index is 13.1. The van der Waals surface area contributed by atoms with Crippen LogP contribution >= 0.6 is 0 Å². The minimum Gasteiger partial charge on any atom is -0.365 e. The average molecular weight is 368 g/mol. The number of hydrogen-bond acceptors (Lipinski definition) is 4. The van der Waals surface area contributed by atoms with Crippen molar-refractivity contribution in [3.63, 3.8) is 0 Å². The number of primary amides is 1. The Kier molecular flexibility index (Phi) is 4.83. The minimum atomic E-state index is -0.430. The van der Waals surface area contributed by atoms with E-state index in [-0.39, 0.29) is 11.2 Å². The monoisotopic (exact) mass is 368 g/mol. The molecule has 6 heteroatoms. The maximum Gasteiger partial charge on any atom is 0.252 e. The van der Waals surface area contributed by atoms with Crippen molar-refractivity contribution in [2.45, 2.75) is 25.8 Å². The van der Waals surface area contributed by atoms with E-state index in [1.54, 1.807) is 18.3 Å². The number of aromatic nitrogens is 1. The van der Waals surface area contributed by atoms with Gasteiger partial charge in [-0.25, -0.2) is 9.37 Å². The van der Waals surface area contributed by atoms with E-state index in [0.717, 1.165) is 51.1 Å². The van der Waals surface area contributed by atoms with Gasteiger partial charge in [-0.15, -0.1) is 0 Å². The molecule has 3 heterocycles. The lowest BCUT2D eigenvalue weighted by Gasteiger charge is -2.40. The molecule has 2 N–H and O–H groups in total. The van der Waals surface area contributed by atoms with Crippen LogP contribution in [0.25, 0.3) is 0 Å². The first kappa shape index (κ1) is 17.9. The van der Waals surface area contributed by atoms with Gasteiger partial charge in [0.15, 0.2) is 0 Å². The number of anilines is 1. The first-order valence-corrected chi connectivity index (χ1v) is 9.51. The Labute approximate surface area is 159 Å². The minimum absolute atomic E-state index is 0.194. The molecule has 2 aliphatic rings. The summed E-state index contributed by atoms with van der Waals surface area (Å²) in [4.78, 5) is 20.9. The molecule has 1 aromatic heterocycles. The molecule has 27 heavy (non-hydrogen) atoms. The summed E-state index contributed by atoms with van der Waals surface area (Å²) in [5.41, 5.74) is 7.38. The summed E-state index contributed by atoms with van der Waals surface area (Å²) in [7, 11) is 0. The maximum atomic E-state index is 13.1. The number of carbonyl (C=O) groups excluding carboxylic acids is 1. The van der Waals surface area contributed by atoms with Gasteiger partial charge in [-0.2, -0.15) is 0 Å². The summed E-state index contributed by atoms with van der Waals surface area (Å²) >= 11 is 0. The number of nitrogens with zero attached hydrogens (tertiary/aromatic N) is 3. The fraction of sp³-hybridized carbons (Fsp3) is 0.429. The van der Waals surface area contributed by atoms with Gasteiger partial charge >= 0.3 is 0 Å². The van der Waals surface area contributed by atoms with Crippen LogP contribution in [-0.2, 0) is 6.54 Å². The van der Waals surface area contributed by atoms with Crippen LogP contribution in [0.5, 0.6) is 0 Å². The molecule has 0 bridgehead atoms. The number of amides is 1. The van der Waals surface area contributed by atoms with E-state index in [1.165, 1.54) is 18.6 Å². The van der Waals surface area contributed by atoms with E-state index in [4.69, 9.17) is 5.73 Å². The number of nitrogens with two attached hydrogens (primary N) is 1. The van der Waals surface area contributed by atoms with Crippen LogP contribution in [0.15, 0.2) is 42.6 Å². The van der Waals surface area contributed by atoms with Crippen molar-refractivity contribution in [3.8, 4) is 0 Å². The zero-order valence-corrected chi connectivity index (χ0v) is 15.4. The first-order valence-electron chi connectivity index (χ1n) is 9.51. The molecule has 2 aromatic rings. The van der Waals surface area contributed by atoms with Gasteiger partial charge < -0.3 is 10.6 Å². The van der Waals surface area contributed by atoms with Gasteiger partial charge in [0.05, 0.1) is 5.56 Å². The molecule has 142 valence electrons. The van der Waals surface area contributed by atoms with Gasteiger partial charge in [0.1, 0.15) is 11.6 Å². The number of pyridine rings is 1. The van der Waals surface area contributed by atoms with Gasteiger partial charge in [0.25, 0.3) is 5.91 Å². The fourth-order valence-electron chi connectivity index (χ4n) is 4.58. The molecular formula is C21H25FN4O. The Balaban J connectivity index is 1.46. The van der Waals surface area contributed by atoms with Gasteiger partial charge in [0.2, 0.25) is 0 Å². The molecule has 5 nitrogen and oxygen atoms in total. The van der Waals surface area contributed by atoms with E-state index >= 15 is 0 Å². The summed E-state index contributed by atoms with van der Waals surface area (Å²) < 4.78 is 13.1. The highest BCUT2D eigenvalue weighted by atomic mass is 19.1. The molecule has 1 amide bonds. The normalized spacial score (nSPS) is 23.1. The summed E-state index contributed by atoms with van der Waals surface area (Å²) in [6, 6.07) is 10.3. The second-order valence-electron chi connectivity index (χ2n) is 7.85. The lowest BCUT2D eigenvalue weighted by molar-refractivity contribution is 0.0986. The molecule has 2 fully saturated rings. The Morgan fingerprint density at radius 1 is 1.15 bits per heavy atom. The molecule has 2 saturated heterocycles. The molecule has 1 aromatic carbocycles. The van der Waals surface area contributed by atoms with Crippen molar-refractivity contribution >= 4 is 11.7 Å². The third-order valence-corrected chi connectivity index (χ3v) is 5.85. The number of halogens is 1. The number of piperidine rings is 1. The van der Waals surface area contributed by atoms with E-state index in [0.29, 0.717) is 11.4 Å². The predicted molar refractivity (Wildman–Crippen MR) is 103 cm³/mol. The molecule has 1 spiro atoms. The Bertz CT molecular complexity index is 825. The topological polar surface area (TPSA) is 62.5 Å². The van der Waals surface area contributed by atoms with Gasteiger partial charge in [-0.05, 0) is 55.6 Å². The lowest BCUT2D eigenvalue weighted by Crippen LogP contribution is -2.44. The number of hydrogen-bond donors (Lipinski definition) is 1. The number of rotatable bonds is 4. The zero-order chi connectivity index (χ0) is 18.9. The highest BCUT2D eigenvalue weighted by molar-refractivity contribution is 5.97. The van der Waals surface area contributed by atoms with Crippen LogP contribution in [0, 0.1) is 11.2 Å². The quantitative estimate of drug-likeness (QED) is 0.901. The molecule has 0 saturated carbocycles. The van der Waals surface area contributed by atoms with Crippen molar-refractivity contribution in [1.82, 2.24) is 9.88 Å². The zero-order valence-electron chi connectivity index (χ0n) is 15.4.